The smallest absolute Gasteiger partial charge is 0.257 e. The van der Waals surface area contributed by atoms with Crippen LogP contribution in [0.25, 0.3) is 10.9 Å². The summed E-state index contributed by atoms with van der Waals surface area (Å²) in [6, 6.07) is 17.3. The molecule has 32 heavy (non-hydrogen) atoms. The number of anilines is 4. The van der Waals surface area contributed by atoms with Crippen molar-refractivity contribution >= 4 is 40.1 Å². The summed E-state index contributed by atoms with van der Waals surface area (Å²) in [4.78, 5) is 25.7. The van der Waals surface area contributed by atoms with Crippen molar-refractivity contribution < 1.29 is 4.79 Å². The van der Waals surface area contributed by atoms with Gasteiger partial charge in [-0.1, -0.05) is 24.3 Å². The minimum Gasteiger partial charge on any atom is -0.373 e. The van der Waals surface area contributed by atoms with E-state index in [1.165, 1.54) is 0 Å². The molecule has 0 aliphatic carbocycles. The van der Waals surface area contributed by atoms with Crippen LogP contribution in [0.3, 0.4) is 0 Å². The monoisotopic (exact) mass is 427 g/mol. The summed E-state index contributed by atoms with van der Waals surface area (Å²) in [5.74, 6) is 1.86. The van der Waals surface area contributed by atoms with E-state index < -0.39 is 0 Å². The van der Waals surface area contributed by atoms with E-state index in [1.54, 1.807) is 32.4 Å². The Morgan fingerprint density at radius 1 is 0.938 bits per heavy atom. The van der Waals surface area contributed by atoms with Crippen LogP contribution in [-0.4, -0.2) is 35.0 Å². The van der Waals surface area contributed by atoms with Crippen LogP contribution >= 0.6 is 0 Å². The first-order valence-electron chi connectivity index (χ1n) is 10.3. The summed E-state index contributed by atoms with van der Waals surface area (Å²) in [5, 5.41) is 13.2. The number of pyridine rings is 1. The van der Waals surface area contributed by atoms with Crippen LogP contribution in [0, 0.1) is 6.92 Å². The largest absolute Gasteiger partial charge is 0.373 e. The van der Waals surface area contributed by atoms with Crippen molar-refractivity contribution in [3.63, 3.8) is 0 Å². The third-order valence-corrected chi connectivity index (χ3v) is 5.11. The number of nitrogens with zero attached hydrogens (tertiary/aromatic N) is 3. The van der Waals surface area contributed by atoms with Crippen LogP contribution in [-0.2, 0) is 6.54 Å². The number of benzene rings is 2. The number of aromatic nitrogens is 3. The Kier molecular flexibility index (Phi) is 6.12. The second kappa shape index (κ2) is 9.30. The highest BCUT2D eigenvalue weighted by Crippen LogP contribution is 2.25. The summed E-state index contributed by atoms with van der Waals surface area (Å²) >= 11 is 0. The number of fused-ring (bicyclic) bond motifs is 1. The van der Waals surface area contributed by atoms with Gasteiger partial charge in [0.15, 0.2) is 0 Å². The molecule has 4 aromatic rings. The van der Waals surface area contributed by atoms with Crippen LogP contribution in [0.1, 0.15) is 21.5 Å². The third-order valence-electron chi connectivity index (χ3n) is 5.11. The molecule has 0 aliphatic heterocycles. The first kappa shape index (κ1) is 21.0. The zero-order valence-corrected chi connectivity index (χ0v) is 18.2. The first-order chi connectivity index (χ1) is 15.6. The van der Waals surface area contributed by atoms with E-state index in [-0.39, 0.29) is 5.91 Å². The fourth-order valence-corrected chi connectivity index (χ4v) is 3.31. The summed E-state index contributed by atoms with van der Waals surface area (Å²) < 4.78 is 0. The molecule has 0 saturated carbocycles. The van der Waals surface area contributed by atoms with Gasteiger partial charge in [-0.25, -0.2) is 9.97 Å². The lowest BCUT2D eigenvalue weighted by atomic mass is 10.1. The van der Waals surface area contributed by atoms with E-state index >= 15 is 0 Å². The molecule has 1 amide bonds. The maximum atomic E-state index is 12.4. The molecule has 162 valence electrons. The number of hydrogen-bond acceptors (Lipinski definition) is 7. The molecule has 0 fully saturated rings. The topological polar surface area (TPSA) is 104 Å². The standard InChI is InChI=1S/C24H25N7O/c1-15-5-4-6-19-21(15)30-24(26-3)31-22(19)28-13-16-7-10-18(11-8-16)29-23(32)17-9-12-20(25-2)27-14-17/h4-12,14H,13H2,1-3H3,(H,25,27)(H,29,32)(H2,26,28,30,31). The molecule has 0 aliphatic rings. The van der Waals surface area contributed by atoms with Crippen LogP contribution in [0.15, 0.2) is 60.8 Å². The predicted octanol–water partition coefficient (Wildman–Crippen LogP) is 4.28. The number of carbonyl (C=O) groups is 1. The van der Waals surface area contributed by atoms with Gasteiger partial charge in [0.05, 0.1) is 11.1 Å². The molecule has 2 heterocycles. The van der Waals surface area contributed by atoms with Gasteiger partial charge in [-0.3, -0.25) is 4.79 Å². The molecule has 2 aromatic heterocycles. The molecule has 0 bridgehead atoms. The molecule has 0 unspecified atom stereocenters. The van der Waals surface area contributed by atoms with Crippen LogP contribution in [0.4, 0.5) is 23.3 Å². The molecule has 8 heteroatoms. The van der Waals surface area contributed by atoms with Gasteiger partial charge in [0.25, 0.3) is 5.91 Å². The highest BCUT2D eigenvalue weighted by Gasteiger charge is 2.10. The van der Waals surface area contributed by atoms with Gasteiger partial charge in [0.1, 0.15) is 11.6 Å². The van der Waals surface area contributed by atoms with Crippen molar-refractivity contribution in [2.24, 2.45) is 0 Å². The summed E-state index contributed by atoms with van der Waals surface area (Å²) in [6.45, 7) is 2.63. The number of carbonyl (C=O) groups excluding carboxylic acids is 1. The van der Waals surface area contributed by atoms with Crippen LogP contribution in [0.5, 0.6) is 0 Å². The lowest BCUT2D eigenvalue weighted by molar-refractivity contribution is 0.102. The molecule has 0 atom stereocenters. The minimum absolute atomic E-state index is 0.201. The maximum Gasteiger partial charge on any atom is 0.257 e. The quantitative estimate of drug-likeness (QED) is 0.349. The lowest BCUT2D eigenvalue weighted by Gasteiger charge is -2.12. The number of hydrogen-bond donors (Lipinski definition) is 4. The lowest BCUT2D eigenvalue weighted by Crippen LogP contribution is -2.12. The molecule has 4 rings (SSSR count). The number of rotatable bonds is 7. The molecule has 0 radical (unpaired) electrons. The van der Waals surface area contributed by atoms with Crippen molar-refractivity contribution in [3.05, 3.63) is 77.5 Å². The number of aryl methyl sites for hydroxylation is 1. The highest BCUT2D eigenvalue weighted by atomic mass is 16.1. The normalized spacial score (nSPS) is 10.6. The zero-order valence-electron chi connectivity index (χ0n) is 18.2. The van der Waals surface area contributed by atoms with Crippen molar-refractivity contribution in [1.82, 2.24) is 15.0 Å². The Balaban J connectivity index is 1.44. The van der Waals surface area contributed by atoms with E-state index in [0.717, 1.165) is 33.5 Å². The van der Waals surface area contributed by atoms with Crippen LogP contribution in [0.2, 0.25) is 0 Å². The minimum atomic E-state index is -0.201. The molecule has 8 nitrogen and oxygen atoms in total. The fourth-order valence-electron chi connectivity index (χ4n) is 3.31. The Morgan fingerprint density at radius 2 is 1.75 bits per heavy atom. The fraction of sp³-hybridized carbons (Fsp3) is 0.167. The first-order valence-corrected chi connectivity index (χ1v) is 10.3. The molecule has 0 saturated heterocycles. The van der Waals surface area contributed by atoms with Gasteiger partial charge in [-0.2, -0.15) is 4.98 Å². The summed E-state index contributed by atoms with van der Waals surface area (Å²) in [5.41, 5.74) is 4.30. The van der Waals surface area contributed by atoms with Gasteiger partial charge in [-0.15, -0.1) is 0 Å². The number of nitrogens with one attached hydrogen (secondary N) is 4. The number of amides is 1. The predicted molar refractivity (Wildman–Crippen MR) is 129 cm³/mol. The van der Waals surface area contributed by atoms with E-state index in [4.69, 9.17) is 0 Å². The Morgan fingerprint density at radius 3 is 2.44 bits per heavy atom. The zero-order chi connectivity index (χ0) is 22.5. The van der Waals surface area contributed by atoms with Gasteiger partial charge in [-0.05, 0) is 48.4 Å². The van der Waals surface area contributed by atoms with Crippen molar-refractivity contribution in [1.29, 1.82) is 0 Å². The van der Waals surface area contributed by atoms with Crippen LogP contribution < -0.4 is 21.3 Å². The molecule has 2 aromatic carbocycles. The SMILES string of the molecule is CNc1ccc(C(=O)Nc2ccc(CNc3nc(NC)nc4c(C)cccc34)cc2)cn1. The van der Waals surface area contributed by atoms with Crippen molar-refractivity contribution in [3.8, 4) is 0 Å². The van der Waals surface area contributed by atoms with E-state index in [1.807, 2.05) is 49.4 Å². The molecular formula is C24H25N7O. The Hall–Kier alpha value is -4.20. The summed E-state index contributed by atoms with van der Waals surface area (Å²) in [6.07, 6.45) is 1.55. The summed E-state index contributed by atoms with van der Waals surface area (Å²) in [7, 11) is 3.59. The maximum absolute atomic E-state index is 12.4. The third kappa shape index (κ3) is 4.59. The van der Waals surface area contributed by atoms with Gasteiger partial charge in [0.2, 0.25) is 5.95 Å². The average molecular weight is 428 g/mol. The molecule has 0 spiro atoms. The van der Waals surface area contributed by atoms with Crippen molar-refractivity contribution in [2.45, 2.75) is 13.5 Å². The van der Waals surface area contributed by atoms with E-state index in [9.17, 15) is 4.79 Å². The van der Waals surface area contributed by atoms with Gasteiger partial charge >= 0.3 is 0 Å². The number of para-hydroxylation sites is 1. The van der Waals surface area contributed by atoms with Crippen molar-refractivity contribution in [2.75, 3.05) is 35.4 Å². The molecule has 4 N–H and O–H groups in total. The average Bonchev–Trinajstić information content (AvgIpc) is 2.83. The Labute approximate surface area is 186 Å². The molecular weight excluding hydrogens is 402 g/mol. The second-order valence-corrected chi connectivity index (χ2v) is 7.30. The highest BCUT2D eigenvalue weighted by molar-refractivity contribution is 6.04. The second-order valence-electron chi connectivity index (χ2n) is 7.30. The van der Waals surface area contributed by atoms with E-state index in [0.29, 0.717) is 23.9 Å². The van der Waals surface area contributed by atoms with Gasteiger partial charge < -0.3 is 21.3 Å². The van der Waals surface area contributed by atoms with E-state index in [2.05, 4.69) is 36.2 Å². The van der Waals surface area contributed by atoms with Gasteiger partial charge in [0, 0.05) is 37.9 Å². The Bertz CT molecular complexity index is 1240.